The first-order chi connectivity index (χ1) is 10.9. The molecule has 1 aliphatic heterocycles. The van der Waals surface area contributed by atoms with E-state index in [9.17, 15) is 14.0 Å². The van der Waals surface area contributed by atoms with E-state index in [2.05, 4.69) is 0 Å². The number of carboxylic acid groups (broad SMARTS) is 1. The topological polar surface area (TPSA) is 57.6 Å². The summed E-state index contributed by atoms with van der Waals surface area (Å²) in [5.74, 6) is -1.66. The molecule has 3 rings (SSSR count). The van der Waals surface area contributed by atoms with E-state index in [1.54, 1.807) is 12.1 Å². The number of rotatable bonds is 3. The summed E-state index contributed by atoms with van der Waals surface area (Å²) in [5.41, 5.74) is -2.18. The molecule has 1 aliphatic carbocycles. The smallest absolute Gasteiger partial charge is 0.343 e. The average molecular weight is 340 g/mol. The van der Waals surface area contributed by atoms with Crippen molar-refractivity contribution in [1.29, 1.82) is 0 Å². The lowest BCUT2D eigenvalue weighted by Gasteiger charge is -2.33. The van der Waals surface area contributed by atoms with Crippen molar-refractivity contribution in [3.8, 4) is 0 Å². The molecule has 1 atom stereocenters. The lowest BCUT2D eigenvalue weighted by molar-refractivity contribution is -0.150. The van der Waals surface area contributed by atoms with Gasteiger partial charge in [-0.25, -0.2) is 9.18 Å². The zero-order chi connectivity index (χ0) is 16.7. The summed E-state index contributed by atoms with van der Waals surface area (Å²) in [6.45, 7) is -0.229. The molecule has 2 aliphatic rings. The second-order valence-corrected chi connectivity index (χ2v) is 6.98. The van der Waals surface area contributed by atoms with Gasteiger partial charge in [0, 0.05) is 18.0 Å². The molecule has 0 bridgehead atoms. The van der Waals surface area contributed by atoms with Gasteiger partial charge in [-0.05, 0) is 30.5 Å². The molecule has 0 aromatic heterocycles. The van der Waals surface area contributed by atoms with Gasteiger partial charge in [0.2, 0.25) is 11.6 Å². The number of hydrogen-bond donors (Lipinski definition) is 1. The molecule has 23 heavy (non-hydrogen) atoms. The van der Waals surface area contributed by atoms with E-state index in [0.29, 0.717) is 17.9 Å². The summed E-state index contributed by atoms with van der Waals surface area (Å²) in [7, 11) is 0. The Balaban J connectivity index is 1.91. The van der Waals surface area contributed by atoms with Crippen LogP contribution < -0.4 is 0 Å². The number of aliphatic carboxylic acids is 1. The fourth-order valence-electron chi connectivity index (χ4n) is 3.81. The highest BCUT2D eigenvalue weighted by atomic mass is 35.5. The van der Waals surface area contributed by atoms with Gasteiger partial charge in [-0.15, -0.1) is 0 Å². The second kappa shape index (κ2) is 5.78. The Morgan fingerprint density at radius 1 is 1.22 bits per heavy atom. The molecule has 1 aromatic carbocycles. The Labute approximate surface area is 139 Å². The minimum Gasteiger partial charge on any atom is -0.479 e. The first kappa shape index (κ1) is 16.2. The van der Waals surface area contributed by atoms with Crippen molar-refractivity contribution in [3.05, 3.63) is 34.9 Å². The molecule has 1 unspecified atom stereocenters. The number of alkyl halides is 1. The van der Waals surface area contributed by atoms with E-state index in [4.69, 9.17) is 16.7 Å². The van der Waals surface area contributed by atoms with Crippen LogP contribution in [0.3, 0.4) is 0 Å². The number of amides is 1. The average Bonchev–Trinajstić information content (AvgIpc) is 3.15. The van der Waals surface area contributed by atoms with Gasteiger partial charge < -0.3 is 10.0 Å². The normalized spacial score (nSPS) is 26.4. The molecule has 1 saturated heterocycles. The second-order valence-electron chi connectivity index (χ2n) is 6.55. The largest absolute Gasteiger partial charge is 0.479 e. The van der Waals surface area contributed by atoms with E-state index in [1.807, 2.05) is 12.1 Å². The lowest BCUT2D eigenvalue weighted by Crippen LogP contribution is -2.46. The molecule has 6 heteroatoms. The Morgan fingerprint density at radius 3 is 2.48 bits per heavy atom. The number of halogens is 2. The first-order valence-corrected chi connectivity index (χ1v) is 8.23. The summed E-state index contributed by atoms with van der Waals surface area (Å²) in [5, 5.41) is 9.59. The van der Waals surface area contributed by atoms with E-state index in [1.165, 1.54) is 4.90 Å². The van der Waals surface area contributed by atoms with Crippen molar-refractivity contribution in [3.63, 3.8) is 0 Å². The van der Waals surface area contributed by atoms with Crippen LogP contribution in [-0.4, -0.2) is 40.6 Å². The molecule has 0 spiro atoms. The molecule has 0 radical (unpaired) electrons. The maximum atomic E-state index is 14.3. The summed E-state index contributed by atoms with van der Waals surface area (Å²) >= 11 is 6.07. The van der Waals surface area contributed by atoms with Crippen LogP contribution >= 0.6 is 11.6 Å². The standard InChI is InChI=1S/C17H19ClFNO3/c18-13-5-3-4-12(10-13)16(6-1-2-7-16)14(21)20-9-8-17(19,11-20)15(22)23/h3-5,10H,1-2,6-9,11H2,(H,22,23). The highest BCUT2D eigenvalue weighted by Crippen LogP contribution is 2.44. The molecular weight excluding hydrogens is 321 g/mol. The SMILES string of the molecule is O=C(O)C1(F)CCN(C(=O)C2(c3cccc(Cl)c3)CCCC2)C1. The summed E-state index contributed by atoms with van der Waals surface area (Å²) in [6, 6.07) is 7.24. The van der Waals surface area contributed by atoms with Crippen molar-refractivity contribution in [2.24, 2.45) is 0 Å². The number of hydrogen-bond acceptors (Lipinski definition) is 2. The number of nitrogens with zero attached hydrogens (tertiary/aromatic N) is 1. The maximum absolute atomic E-state index is 14.3. The Hall–Kier alpha value is -1.62. The van der Waals surface area contributed by atoms with Crippen LogP contribution in [0.2, 0.25) is 5.02 Å². The van der Waals surface area contributed by atoms with Crippen LogP contribution in [0, 0.1) is 0 Å². The molecule has 1 aromatic rings. The lowest BCUT2D eigenvalue weighted by atomic mass is 9.77. The third-order valence-corrected chi connectivity index (χ3v) is 5.37. The van der Waals surface area contributed by atoms with Gasteiger partial charge in [-0.3, -0.25) is 4.79 Å². The summed E-state index contributed by atoms with van der Waals surface area (Å²) in [6.07, 6.45) is 3.07. The number of likely N-dealkylation sites (tertiary alicyclic amines) is 1. The molecular formula is C17H19ClFNO3. The van der Waals surface area contributed by atoms with Gasteiger partial charge in [0.25, 0.3) is 0 Å². The van der Waals surface area contributed by atoms with Gasteiger partial charge in [0.05, 0.1) is 12.0 Å². The molecule has 1 heterocycles. The summed E-state index contributed by atoms with van der Waals surface area (Å²) < 4.78 is 14.3. The monoisotopic (exact) mass is 339 g/mol. The van der Waals surface area contributed by atoms with Crippen LogP contribution in [0.4, 0.5) is 4.39 Å². The number of carbonyl (C=O) groups is 2. The third kappa shape index (κ3) is 2.71. The van der Waals surface area contributed by atoms with Crippen LogP contribution in [-0.2, 0) is 15.0 Å². The molecule has 124 valence electrons. The van der Waals surface area contributed by atoms with Crippen molar-refractivity contribution in [2.45, 2.75) is 43.2 Å². The Morgan fingerprint density at radius 2 is 1.91 bits per heavy atom. The molecule has 4 nitrogen and oxygen atoms in total. The van der Waals surface area contributed by atoms with Crippen LogP contribution in [0.1, 0.15) is 37.7 Å². The van der Waals surface area contributed by atoms with E-state index < -0.39 is 17.1 Å². The maximum Gasteiger partial charge on any atom is 0.343 e. The quantitative estimate of drug-likeness (QED) is 0.920. The van der Waals surface area contributed by atoms with Gasteiger partial charge in [0.15, 0.2) is 0 Å². The van der Waals surface area contributed by atoms with E-state index in [0.717, 1.165) is 18.4 Å². The predicted molar refractivity (Wildman–Crippen MR) is 84.3 cm³/mol. The first-order valence-electron chi connectivity index (χ1n) is 7.85. The fourth-order valence-corrected chi connectivity index (χ4v) is 4.00. The number of carboxylic acids is 1. The number of benzene rings is 1. The van der Waals surface area contributed by atoms with Crippen molar-refractivity contribution >= 4 is 23.5 Å². The molecule has 1 saturated carbocycles. The zero-order valence-electron chi connectivity index (χ0n) is 12.7. The zero-order valence-corrected chi connectivity index (χ0v) is 13.5. The van der Waals surface area contributed by atoms with Crippen LogP contribution in [0.25, 0.3) is 0 Å². The van der Waals surface area contributed by atoms with Gasteiger partial charge >= 0.3 is 5.97 Å². The van der Waals surface area contributed by atoms with Crippen molar-refractivity contribution in [2.75, 3.05) is 13.1 Å². The minimum atomic E-state index is -2.33. The van der Waals surface area contributed by atoms with Gasteiger partial charge in [-0.1, -0.05) is 36.6 Å². The van der Waals surface area contributed by atoms with Gasteiger partial charge in [-0.2, -0.15) is 0 Å². The van der Waals surface area contributed by atoms with E-state index in [-0.39, 0.29) is 25.4 Å². The third-order valence-electron chi connectivity index (χ3n) is 5.13. The van der Waals surface area contributed by atoms with Gasteiger partial charge in [0.1, 0.15) is 0 Å². The number of carbonyl (C=O) groups excluding carboxylic acids is 1. The van der Waals surface area contributed by atoms with Crippen LogP contribution in [0.15, 0.2) is 24.3 Å². The fraction of sp³-hybridized carbons (Fsp3) is 0.529. The minimum absolute atomic E-state index is 0.143. The van der Waals surface area contributed by atoms with Crippen LogP contribution in [0.5, 0.6) is 0 Å². The summed E-state index contributed by atoms with van der Waals surface area (Å²) in [4.78, 5) is 25.6. The molecule has 2 fully saturated rings. The molecule has 1 N–H and O–H groups in total. The van der Waals surface area contributed by atoms with Crippen molar-refractivity contribution in [1.82, 2.24) is 4.90 Å². The van der Waals surface area contributed by atoms with Crippen molar-refractivity contribution < 1.29 is 19.1 Å². The highest BCUT2D eigenvalue weighted by molar-refractivity contribution is 6.30. The highest BCUT2D eigenvalue weighted by Gasteiger charge is 2.52. The van der Waals surface area contributed by atoms with E-state index >= 15 is 0 Å². The molecule has 1 amide bonds. The predicted octanol–water partition coefficient (Wildman–Crippen LogP) is 3.18. The Kier molecular flexibility index (Phi) is 4.08. The Bertz CT molecular complexity index is 644.